The predicted octanol–water partition coefficient (Wildman–Crippen LogP) is 2.12. The topological polar surface area (TPSA) is 96.5 Å². The number of imide groups is 1. The second-order valence-electron chi connectivity index (χ2n) is 8.58. The lowest BCUT2D eigenvalue weighted by Crippen LogP contribution is -2.53. The fourth-order valence-corrected chi connectivity index (χ4v) is 6.02. The van der Waals surface area contributed by atoms with Gasteiger partial charge in [-0.3, -0.25) is 14.5 Å². The summed E-state index contributed by atoms with van der Waals surface area (Å²) in [5.74, 6) is -0.399. The standard InChI is InChI=1S/C23H22F3N3O6S/c24-23(25,26)15-2-1-3-16(12-15)29-21(30)14-18(22(29)31)27-6-8-28(9-7-27)36(32,33)17-4-5-19-20(13-17)35-11-10-34-19/h1-5,12-13,18H,6-11,14H2/t18-/m0/s1. The minimum absolute atomic E-state index is 0.0584. The molecule has 2 amide bonds. The zero-order valence-electron chi connectivity index (χ0n) is 18.9. The summed E-state index contributed by atoms with van der Waals surface area (Å²) in [6.07, 6.45) is -4.80. The lowest BCUT2D eigenvalue weighted by atomic mass is 10.1. The highest BCUT2D eigenvalue weighted by Gasteiger charge is 2.44. The van der Waals surface area contributed by atoms with Gasteiger partial charge < -0.3 is 9.47 Å². The molecule has 2 aromatic carbocycles. The van der Waals surface area contributed by atoms with Gasteiger partial charge in [0.25, 0.3) is 5.91 Å². The molecule has 0 bridgehead atoms. The van der Waals surface area contributed by atoms with Crippen molar-refractivity contribution in [1.29, 1.82) is 0 Å². The fourth-order valence-electron chi connectivity index (χ4n) is 4.58. The van der Waals surface area contributed by atoms with Crippen molar-refractivity contribution in [2.75, 3.05) is 44.3 Å². The third-order valence-electron chi connectivity index (χ3n) is 6.42. The van der Waals surface area contributed by atoms with Gasteiger partial charge in [0.15, 0.2) is 11.5 Å². The molecule has 0 saturated carbocycles. The molecule has 2 fully saturated rings. The molecule has 0 aliphatic carbocycles. The van der Waals surface area contributed by atoms with Crippen LogP contribution < -0.4 is 14.4 Å². The summed E-state index contributed by atoms with van der Waals surface area (Å²) in [5, 5.41) is 0. The van der Waals surface area contributed by atoms with Gasteiger partial charge in [-0.2, -0.15) is 17.5 Å². The van der Waals surface area contributed by atoms with Crippen LogP contribution in [0, 0.1) is 0 Å². The Morgan fingerprint density at radius 2 is 1.58 bits per heavy atom. The molecule has 0 spiro atoms. The quantitative estimate of drug-likeness (QED) is 0.565. The SMILES string of the molecule is O=C1C[C@H](N2CCN(S(=O)(=O)c3ccc4c(c3)OCCO4)CC2)C(=O)N1c1cccc(C(F)(F)F)c1. The summed E-state index contributed by atoms with van der Waals surface area (Å²) < 4.78 is 77.8. The number of carbonyl (C=O) groups excluding carboxylic acids is 2. The van der Waals surface area contributed by atoms with Crippen molar-refractivity contribution in [3.8, 4) is 11.5 Å². The molecule has 36 heavy (non-hydrogen) atoms. The lowest BCUT2D eigenvalue weighted by molar-refractivity contribution is -0.137. The Kier molecular flexibility index (Phi) is 6.17. The number of ether oxygens (including phenoxy) is 2. The van der Waals surface area contributed by atoms with E-state index in [1.807, 2.05) is 0 Å². The number of alkyl halides is 3. The number of benzene rings is 2. The van der Waals surface area contributed by atoms with Crippen LogP contribution in [-0.2, 0) is 25.8 Å². The number of nitrogens with zero attached hydrogens (tertiary/aromatic N) is 3. The summed E-state index contributed by atoms with van der Waals surface area (Å²) in [4.78, 5) is 28.2. The van der Waals surface area contributed by atoms with E-state index in [1.165, 1.54) is 22.5 Å². The molecule has 192 valence electrons. The van der Waals surface area contributed by atoms with Gasteiger partial charge >= 0.3 is 6.18 Å². The van der Waals surface area contributed by atoms with Gasteiger partial charge in [0, 0.05) is 32.2 Å². The lowest BCUT2D eigenvalue weighted by Gasteiger charge is -2.36. The number of piperazine rings is 1. The number of fused-ring (bicyclic) bond motifs is 1. The van der Waals surface area contributed by atoms with Crippen molar-refractivity contribution < 1.29 is 40.7 Å². The van der Waals surface area contributed by atoms with E-state index >= 15 is 0 Å². The number of rotatable bonds is 4. The summed E-state index contributed by atoms with van der Waals surface area (Å²) in [6.45, 7) is 1.24. The highest BCUT2D eigenvalue weighted by Crippen LogP contribution is 2.35. The van der Waals surface area contributed by atoms with E-state index in [2.05, 4.69) is 0 Å². The van der Waals surface area contributed by atoms with E-state index < -0.39 is 39.6 Å². The molecule has 0 unspecified atom stereocenters. The molecule has 3 heterocycles. The van der Waals surface area contributed by atoms with Gasteiger partial charge in [-0.15, -0.1) is 0 Å². The zero-order chi connectivity index (χ0) is 25.7. The second-order valence-corrected chi connectivity index (χ2v) is 10.5. The van der Waals surface area contributed by atoms with E-state index in [0.29, 0.717) is 24.7 Å². The third-order valence-corrected chi connectivity index (χ3v) is 8.31. The molecule has 13 heteroatoms. The molecular formula is C23H22F3N3O6S. The van der Waals surface area contributed by atoms with Crippen LogP contribution in [0.5, 0.6) is 11.5 Å². The molecule has 0 radical (unpaired) electrons. The van der Waals surface area contributed by atoms with Crippen molar-refractivity contribution in [3.63, 3.8) is 0 Å². The summed E-state index contributed by atoms with van der Waals surface area (Å²) in [6, 6.07) is 7.61. The Bertz CT molecular complexity index is 1310. The van der Waals surface area contributed by atoms with Crippen LogP contribution in [0.2, 0.25) is 0 Å². The van der Waals surface area contributed by atoms with Crippen molar-refractivity contribution in [3.05, 3.63) is 48.0 Å². The van der Waals surface area contributed by atoms with Crippen LogP contribution in [0.4, 0.5) is 18.9 Å². The molecule has 0 aromatic heterocycles. The number of amides is 2. The van der Waals surface area contributed by atoms with Crippen molar-refractivity contribution in [1.82, 2.24) is 9.21 Å². The Balaban J connectivity index is 1.27. The van der Waals surface area contributed by atoms with E-state index in [-0.39, 0.29) is 43.2 Å². The average Bonchev–Trinajstić information content (AvgIpc) is 3.17. The van der Waals surface area contributed by atoms with E-state index in [9.17, 15) is 31.2 Å². The number of carbonyl (C=O) groups is 2. The van der Waals surface area contributed by atoms with Gasteiger partial charge in [0.1, 0.15) is 13.2 Å². The average molecular weight is 526 g/mol. The van der Waals surface area contributed by atoms with Crippen molar-refractivity contribution in [2.24, 2.45) is 0 Å². The first-order chi connectivity index (χ1) is 17.1. The predicted molar refractivity (Wildman–Crippen MR) is 120 cm³/mol. The summed E-state index contributed by atoms with van der Waals surface area (Å²) in [7, 11) is -3.84. The molecule has 9 nitrogen and oxygen atoms in total. The molecule has 2 aromatic rings. The molecule has 0 N–H and O–H groups in total. The first-order valence-corrected chi connectivity index (χ1v) is 12.7. The maximum atomic E-state index is 13.2. The first kappa shape index (κ1) is 24.5. The van der Waals surface area contributed by atoms with E-state index in [1.54, 1.807) is 11.0 Å². The van der Waals surface area contributed by atoms with E-state index in [4.69, 9.17) is 9.47 Å². The molecule has 5 rings (SSSR count). The van der Waals surface area contributed by atoms with Gasteiger partial charge in [-0.1, -0.05) is 6.07 Å². The zero-order valence-corrected chi connectivity index (χ0v) is 19.7. The number of halogens is 3. The molecular weight excluding hydrogens is 503 g/mol. The van der Waals surface area contributed by atoms with E-state index in [0.717, 1.165) is 23.1 Å². The number of hydrogen-bond acceptors (Lipinski definition) is 7. The Labute approximate surface area is 205 Å². The monoisotopic (exact) mass is 525 g/mol. The normalized spacial score (nSPS) is 21.8. The highest BCUT2D eigenvalue weighted by molar-refractivity contribution is 7.89. The third kappa shape index (κ3) is 4.42. The minimum atomic E-state index is -4.61. The maximum Gasteiger partial charge on any atom is 0.416 e. The van der Waals surface area contributed by atoms with Crippen molar-refractivity contribution >= 4 is 27.5 Å². The first-order valence-electron chi connectivity index (χ1n) is 11.2. The van der Waals surface area contributed by atoms with Crippen LogP contribution in [0.3, 0.4) is 0 Å². The maximum absolute atomic E-state index is 13.2. The summed E-state index contributed by atoms with van der Waals surface area (Å²) >= 11 is 0. The number of anilines is 1. The molecule has 3 aliphatic rings. The number of sulfonamides is 1. The van der Waals surface area contributed by atoms with Gasteiger partial charge in [0.05, 0.1) is 28.6 Å². The van der Waals surface area contributed by atoms with Gasteiger partial charge in [-0.25, -0.2) is 13.3 Å². The van der Waals surface area contributed by atoms with Crippen LogP contribution >= 0.6 is 0 Å². The van der Waals surface area contributed by atoms with Gasteiger partial charge in [-0.05, 0) is 30.3 Å². The minimum Gasteiger partial charge on any atom is -0.486 e. The fraction of sp³-hybridized carbons (Fsp3) is 0.391. The second kappa shape index (κ2) is 9.05. The van der Waals surface area contributed by atoms with Crippen LogP contribution in [0.1, 0.15) is 12.0 Å². The Morgan fingerprint density at radius 3 is 2.28 bits per heavy atom. The molecule has 2 saturated heterocycles. The number of hydrogen-bond donors (Lipinski definition) is 0. The molecule has 1 atom stereocenters. The van der Waals surface area contributed by atoms with Gasteiger partial charge in [0.2, 0.25) is 15.9 Å². The summed E-state index contributed by atoms with van der Waals surface area (Å²) in [5.41, 5.74) is -1.09. The van der Waals surface area contributed by atoms with Crippen LogP contribution in [0.25, 0.3) is 0 Å². The molecule has 3 aliphatic heterocycles. The Morgan fingerprint density at radius 1 is 0.889 bits per heavy atom. The smallest absolute Gasteiger partial charge is 0.416 e. The van der Waals surface area contributed by atoms with Crippen molar-refractivity contribution in [2.45, 2.75) is 23.5 Å². The van der Waals surface area contributed by atoms with Crippen LogP contribution in [-0.4, -0.2) is 74.9 Å². The highest BCUT2D eigenvalue weighted by atomic mass is 32.2. The van der Waals surface area contributed by atoms with Crippen LogP contribution in [0.15, 0.2) is 47.4 Å². The largest absolute Gasteiger partial charge is 0.486 e. The Hall–Kier alpha value is -3.16.